The molecule has 0 radical (unpaired) electrons. The van der Waals surface area contributed by atoms with Gasteiger partial charge in [0.1, 0.15) is 6.04 Å². The van der Waals surface area contributed by atoms with E-state index in [1.54, 1.807) is 0 Å². The van der Waals surface area contributed by atoms with Crippen molar-refractivity contribution in [1.82, 2.24) is 4.57 Å². The molecule has 0 aliphatic carbocycles. The lowest BCUT2D eigenvalue weighted by Crippen LogP contribution is -2.36. The summed E-state index contributed by atoms with van der Waals surface area (Å²) in [5, 5.41) is 10.3. The third-order valence-corrected chi connectivity index (χ3v) is 4.72. The summed E-state index contributed by atoms with van der Waals surface area (Å²) >= 11 is 0. The van der Waals surface area contributed by atoms with Crippen LogP contribution in [0.2, 0.25) is 0 Å². The third kappa shape index (κ3) is 3.80. The quantitative estimate of drug-likeness (QED) is 0.887. The largest absolute Gasteiger partial charge is 0.480 e. The van der Waals surface area contributed by atoms with Crippen LogP contribution in [0.5, 0.6) is 0 Å². The molecule has 1 aromatic carbocycles. The van der Waals surface area contributed by atoms with Gasteiger partial charge in [-0.15, -0.1) is 0 Å². The van der Waals surface area contributed by atoms with E-state index in [1.807, 2.05) is 33.9 Å². The van der Waals surface area contributed by atoms with E-state index < -0.39 is 12.0 Å². The van der Waals surface area contributed by atoms with Gasteiger partial charge in [0.25, 0.3) is 0 Å². The van der Waals surface area contributed by atoms with Crippen molar-refractivity contribution >= 4 is 22.6 Å². The van der Waals surface area contributed by atoms with Crippen molar-refractivity contribution in [3.05, 3.63) is 29.5 Å². The SMILES string of the molecule is CC.Cc1c(CC(N)C(=O)O)c2c(N3CCOCC3)cccc2n1C. The van der Waals surface area contributed by atoms with Gasteiger partial charge in [0.2, 0.25) is 0 Å². The molecule has 1 aliphatic heterocycles. The second kappa shape index (κ2) is 8.36. The summed E-state index contributed by atoms with van der Waals surface area (Å²) in [6, 6.07) is 5.33. The highest BCUT2D eigenvalue weighted by molar-refractivity contribution is 5.97. The summed E-state index contributed by atoms with van der Waals surface area (Å²) < 4.78 is 7.56. The van der Waals surface area contributed by atoms with E-state index in [0.29, 0.717) is 19.6 Å². The molecule has 6 nitrogen and oxygen atoms in total. The van der Waals surface area contributed by atoms with Crippen LogP contribution in [-0.2, 0) is 23.0 Å². The minimum Gasteiger partial charge on any atom is -0.480 e. The fraction of sp³-hybridized carbons (Fsp3) is 0.526. The van der Waals surface area contributed by atoms with Gasteiger partial charge >= 0.3 is 5.97 Å². The van der Waals surface area contributed by atoms with Crippen molar-refractivity contribution in [3.8, 4) is 0 Å². The standard InChI is InChI=1S/C17H23N3O3.C2H6/c1-11-12(10-13(18)17(21)22)16-14(19(11)2)4-3-5-15(16)20-6-8-23-9-7-20;1-2/h3-5,13H,6-10,18H2,1-2H3,(H,21,22);1-2H3. The Morgan fingerprint density at radius 1 is 1.32 bits per heavy atom. The number of fused-ring (bicyclic) bond motifs is 1. The van der Waals surface area contributed by atoms with Gasteiger partial charge in [-0.3, -0.25) is 4.79 Å². The lowest BCUT2D eigenvalue weighted by atomic mass is 10.0. The topological polar surface area (TPSA) is 80.7 Å². The summed E-state index contributed by atoms with van der Waals surface area (Å²) in [5.74, 6) is -0.967. The monoisotopic (exact) mass is 347 g/mol. The third-order valence-electron chi connectivity index (χ3n) is 4.72. The minimum absolute atomic E-state index is 0.333. The zero-order valence-electron chi connectivity index (χ0n) is 15.6. The molecule has 1 saturated heterocycles. The van der Waals surface area contributed by atoms with Gasteiger partial charge in [0.15, 0.2) is 0 Å². The number of carboxylic acid groups (broad SMARTS) is 1. The number of benzene rings is 1. The Morgan fingerprint density at radius 2 is 1.96 bits per heavy atom. The molecule has 1 atom stereocenters. The van der Waals surface area contributed by atoms with Crippen LogP contribution in [0.15, 0.2) is 18.2 Å². The predicted octanol–water partition coefficient (Wildman–Crippen LogP) is 2.30. The Balaban J connectivity index is 0.00000109. The zero-order chi connectivity index (χ0) is 18.6. The summed E-state index contributed by atoms with van der Waals surface area (Å²) in [4.78, 5) is 13.5. The van der Waals surface area contributed by atoms with Crippen molar-refractivity contribution in [1.29, 1.82) is 0 Å². The van der Waals surface area contributed by atoms with Crippen molar-refractivity contribution < 1.29 is 14.6 Å². The van der Waals surface area contributed by atoms with Crippen molar-refractivity contribution in [2.45, 2.75) is 33.2 Å². The smallest absolute Gasteiger partial charge is 0.320 e. The van der Waals surface area contributed by atoms with Crippen LogP contribution >= 0.6 is 0 Å². The average molecular weight is 347 g/mol. The number of aryl methyl sites for hydroxylation is 1. The first-order valence-electron chi connectivity index (χ1n) is 8.88. The number of hydrogen-bond donors (Lipinski definition) is 2. The second-order valence-corrected chi connectivity index (χ2v) is 6.04. The molecule has 2 aromatic rings. The molecule has 3 N–H and O–H groups in total. The van der Waals surface area contributed by atoms with Gasteiger partial charge in [-0.25, -0.2) is 0 Å². The van der Waals surface area contributed by atoms with Crippen molar-refractivity contribution in [2.24, 2.45) is 12.8 Å². The first-order valence-corrected chi connectivity index (χ1v) is 8.88. The maximum absolute atomic E-state index is 11.2. The molecule has 0 spiro atoms. The van der Waals surface area contributed by atoms with Crippen LogP contribution in [0, 0.1) is 6.92 Å². The van der Waals surface area contributed by atoms with Gasteiger partial charge in [0.05, 0.1) is 18.7 Å². The summed E-state index contributed by atoms with van der Waals surface area (Å²) in [6.45, 7) is 9.14. The Labute approximate surface area is 149 Å². The van der Waals surface area contributed by atoms with E-state index in [-0.39, 0.29) is 0 Å². The van der Waals surface area contributed by atoms with Crippen LogP contribution in [0.4, 0.5) is 5.69 Å². The lowest BCUT2D eigenvalue weighted by molar-refractivity contribution is -0.138. The molecular weight excluding hydrogens is 318 g/mol. The summed E-state index contributed by atoms with van der Waals surface area (Å²) in [6.07, 6.45) is 0.333. The number of nitrogens with two attached hydrogens (primary N) is 1. The average Bonchev–Trinajstić information content (AvgIpc) is 2.89. The highest BCUT2D eigenvalue weighted by Crippen LogP contribution is 2.34. The number of anilines is 1. The van der Waals surface area contributed by atoms with Crippen LogP contribution in [0.1, 0.15) is 25.1 Å². The van der Waals surface area contributed by atoms with Crippen LogP contribution in [-0.4, -0.2) is 48.0 Å². The van der Waals surface area contributed by atoms with Crippen LogP contribution in [0.25, 0.3) is 10.9 Å². The Hall–Kier alpha value is -2.05. The molecule has 2 heterocycles. The molecule has 1 unspecified atom stereocenters. The number of morpholine rings is 1. The minimum atomic E-state index is -0.967. The van der Waals surface area contributed by atoms with Gasteiger partial charge < -0.3 is 25.0 Å². The van der Waals surface area contributed by atoms with Gasteiger partial charge in [-0.1, -0.05) is 19.9 Å². The number of ether oxygens (including phenoxy) is 1. The maximum atomic E-state index is 11.2. The first-order chi connectivity index (χ1) is 12.0. The molecule has 138 valence electrons. The van der Waals surface area contributed by atoms with Crippen molar-refractivity contribution in [3.63, 3.8) is 0 Å². The molecule has 1 aromatic heterocycles. The molecule has 1 fully saturated rings. The predicted molar refractivity (Wildman–Crippen MR) is 101 cm³/mol. The number of hydrogen-bond acceptors (Lipinski definition) is 4. The van der Waals surface area contributed by atoms with Crippen LogP contribution in [0.3, 0.4) is 0 Å². The lowest BCUT2D eigenvalue weighted by Gasteiger charge is -2.30. The normalized spacial score (nSPS) is 15.6. The van der Waals surface area contributed by atoms with Gasteiger partial charge in [-0.05, 0) is 24.6 Å². The van der Waals surface area contributed by atoms with E-state index in [2.05, 4.69) is 21.6 Å². The highest BCUT2D eigenvalue weighted by Gasteiger charge is 2.23. The zero-order valence-corrected chi connectivity index (χ0v) is 15.6. The van der Waals surface area contributed by atoms with E-state index >= 15 is 0 Å². The van der Waals surface area contributed by atoms with Gasteiger partial charge in [0, 0.05) is 43.3 Å². The second-order valence-electron chi connectivity index (χ2n) is 6.04. The van der Waals surface area contributed by atoms with E-state index in [4.69, 9.17) is 10.5 Å². The Bertz CT molecular complexity index is 733. The molecular formula is C19H29N3O3. The Kier molecular flexibility index (Phi) is 6.45. The number of nitrogens with zero attached hydrogens (tertiary/aromatic N) is 2. The highest BCUT2D eigenvalue weighted by atomic mass is 16.5. The Morgan fingerprint density at radius 3 is 2.56 bits per heavy atom. The number of aromatic nitrogens is 1. The fourth-order valence-electron chi connectivity index (χ4n) is 3.31. The van der Waals surface area contributed by atoms with E-state index in [9.17, 15) is 9.90 Å². The number of carbonyl (C=O) groups is 1. The van der Waals surface area contributed by atoms with Gasteiger partial charge in [-0.2, -0.15) is 0 Å². The molecule has 6 heteroatoms. The molecule has 3 rings (SSSR count). The number of carboxylic acids is 1. The summed E-state index contributed by atoms with van der Waals surface area (Å²) in [7, 11) is 2.01. The molecule has 0 saturated carbocycles. The first kappa shape index (κ1) is 19.3. The number of rotatable bonds is 4. The molecule has 0 amide bonds. The van der Waals surface area contributed by atoms with E-state index in [1.165, 1.54) is 0 Å². The maximum Gasteiger partial charge on any atom is 0.320 e. The fourth-order valence-corrected chi connectivity index (χ4v) is 3.31. The van der Waals surface area contributed by atoms with Crippen LogP contribution < -0.4 is 10.6 Å². The summed E-state index contributed by atoms with van der Waals surface area (Å²) in [5.41, 5.74) is 10.1. The number of aliphatic carboxylic acids is 1. The molecule has 0 bridgehead atoms. The van der Waals surface area contributed by atoms with Crippen molar-refractivity contribution in [2.75, 3.05) is 31.2 Å². The molecule has 25 heavy (non-hydrogen) atoms. The van der Waals surface area contributed by atoms with E-state index in [0.717, 1.165) is 40.9 Å². The molecule has 1 aliphatic rings.